The van der Waals surface area contributed by atoms with Gasteiger partial charge < -0.3 is 21.3 Å². The highest BCUT2D eigenvalue weighted by Gasteiger charge is 2.14. The fourth-order valence-electron chi connectivity index (χ4n) is 5.47. The molecule has 4 aromatic rings. The van der Waals surface area contributed by atoms with Crippen molar-refractivity contribution in [3.8, 4) is 23.0 Å². The monoisotopic (exact) mass is 616 g/mol. The summed E-state index contributed by atoms with van der Waals surface area (Å²) in [5, 5.41) is 5.92. The van der Waals surface area contributed by atoms with Gasteiger partial charge in [0.15, 0.2) is 0 Å². The van der Waals surface area contributed by atoms with Crippen LogP contribution in [-0.2, 0) is 11.3 Å². The first-order valence-electron chi connectivity index (χ1n) is 16.2. The minimum atomic E-state index is -0.139. The Balaban J connectivity index is 0.000000624. The molecule has 9 heteroatoms. The molecule has 1 aliphatic heterocycles. The fourth-order valence-corrected chi connectivity index (χ4v) is 5.47. The molecular weight excluding hydrogens is 572 g/mol. The second-order valence-electron chi connectivity index (χ2n) is 12.0. The number of amides is 1. The highest BCUT2D eigenvalue weighted by molar-refractivity contribution is 5.88. The van der Waals surface area contributed by atoms with E-state index in [0.29, 0.717) is 23.1 Å². The number of nitrogen functional groups attached to an aromatic ring is 1. The van der Waals surface area contributed by atoms with E-state index in [1.807, 2.05) is 24.3 Å². The van der Waals surface area contributed by atoms with Crippen LogP contribution in [0.2, 0.25) is 0 Å². The number of hydrogen-bond donors (Lipinski definition) is 3. The number of pyridine rings is 1. The van der Waals surface area contributed by atoms with Crippen LogP contribution in [0.15, 0.2) is 73.1 Å². The van der Waals surface area contributed by atoms with Crippen molar-refractivity contribution < 1.29 is 4.79 Å². The number of anilines is 4. The first kappa shape index (κ1) is 32.6. The molecule has 2 aliphatic rings. The van der Waals surface area contributed by atoms with Crippen molar-refractivity contribution in [3.05, 3.63) is 89.9 Å². The largest absolute Gasteiger partial charge is 0.383 e. The van der Waals surface area contributed by atoms with Crippen LogP contribution >= 0.6 is 0 Å². The molecule has 1 amide bonds. The van der Waals surface area contributed by atoms with E-state index in [1.54, 1.807) is 24.5 Å². The highest BCUT2D eigenvalue weighted by Crippen LogP contribution is 2.26. The zero-order valence-corrected chi connectivity index (χ0v) is 26.9. The predicted octanol–water partition coefficient (Wildman–Crippen LogP) is 6.31. The Hall–Kier alpha value is -4.78. The van der Waals surface area contributed by atoms with E-state index < -0.39 is 0 Å². The molecule has 1 aliphatic carbocycles. The number of piperazine rings is 1. The number of nitrogens with one attached hydrogen (secondary N) is 2. The number of rotatable bonds is 6. The van der Waals surface area contributed by atoms with Crippen molar-refractivity contribution in [1.29, 1.82) is 0 Å². The zero-order chi connectivity index (χ0) is 32.1. The molecule has 238 valence electrons. The van der Waals surface area contributed by atoms with Crippen molar-refractivity contribution in [1.82, 2.24) is 24.8 Å². The molecule has 4 N–H and O–H groups in total. The standard InChI is InChI=1S/C31H32N8O.C6H12/c1-22(40)35-28-13-14-33-27(19-28)12-7-23-5-10-26(11-6-23)36-31-34-20-29(30(32)37-31)25-8-3-24(4-9-25)21-39-17-15-38(2)16-18-39;1-2-4-6-5-3-1/h3-6,8-11,13-14,19-20H,15-18,21H2,1-2H3,(H,33,35,40)(H3,32,34,36,37);1-6H2. The lowest BCUT2D eigenvalue weighted by Gasteiger charge is -2.32. The zero-order valence-electron chi connectivity index (χ0n) is 26.9. The van der Waals surface area contributed by atoms with Crippen molar-refractivity contribution in [3.63, 3.8) is 0 Å². The predicted molar refractivity (Wildman–Crippen MR) is 187 cm³/mol. The second kappa shape index (κ2) is 16.5. The van der Waals surface area contributed by atoms with Crippen molar-refractivity contribution in [2.75, 3.05) is 49.6 Å². The fraction of sp³-hybridized carbons (Fsp3) is 0.351. The van der Waals surface area contributed by atoms with E-state index in [9.17, 15) is 4.79 Å². The quantitative estimate of drug-likeness (QED) is 0.216. The van der Waals surface area contributed by atoms with Gasteiger partial charge in [-0.15, -0.1) is 0 Å². The third-order valence-corrected chi connectivity index (χ3v) is 8.14. The van der Waals surface area contributed by atoms with Crippen LogP contribution in [0.3, 0.4) is 0 Å². The van der Waals surface area contributed by atoms with Gasteiger partial charge >= 0.3 is 0 Å². The number of likely N-dealkylation sites (N-methyl/N-ethyl adjacent to an activating group) is 1. The first-order chi connectivity index (χ1) is 22.4. The summed E-state index contributed by atoms with van der Waals surface area (Å²) < 4.78 is 0. The molecule has 6 rings (SSSR count). The molecule has 46 heavy (non-hydrogen) atoms. The maximum Gasteiger partial charge on any atom is 0.229 e. The summed E-state index contributed by atoms with van der Waals surface area (Å²) in [4.78, 5) is 29.3. The smallest absolute Gasteiger partial charge is 0.229 e. The lowest BCUT2D eigenvalue weighted by molar-refractivity contribution is -0.114. The Morgan fingerprint density at radius 2 is 1.52 bits per heavy atom. The van der Waals surface area contributed by atoms with E-state index >= 15 is 0 Å². The van der Waals surface area contributed by atoms with Gasteiger partial charge in [-0.05, 0) is 60.5 Å². The van der Waals surface area contributed by atoms with Gasteiger partial charge in [-0.25, -0.2) is 9.97 Å². The second-order valence-corrected chi connectivity index (χ2v) is 12.0. The molecule has 1 saturated carbocycles. The Morgan fingerprint density at radius 3 is 2.15 bits per heavy atom. The summed E-state index contributed by atoms with van der Waals surface area (Å²) in [7, 11) is 2.17. The van der Waals surface area contributed by atoms with E-state index in [0.717, 1.165) is 55.1 Å². The molecule has 0 bridgehead atoms. The minimum absolute atomic E-state index is 0.139. The summed E-state index contributed by atoms with van der Waals surface area (Å²) in [6.07, 6.45) is 12.4. The molecule has 2 fully saturated rings. The van der Waals surface area contributed by atoms with Gasteiger partial charge in [0.1, 0.15) is 11.5 Å². The topological polar surface area (TPSA) is 112 Å². The Labute approximate surface area is 272 Å². The van der Waals surface area contributed by atoms with Crippen LogP contribution in [0.4, 0.5) is 23.1 Å². The van der Waals surface area contributed by atoms with Gasteiger partial charge in [0.05, 0.1) is 0 Å². The Kier molecular flexibility index (Phi) is 11.7. The van der Waals surface area contributed by atoms with Crippen molar-refractivity contribution in [2.45, 2.75) is 52.0 Å². The van der Waals surface area contributed by atoms with Crippen molar-refractivity contribution >= 4 is 29.0 Å². The van der Waals surface area contributed by atoms with Gasteiger partial charge in [0.2, 0.25) is 11.9 Å². The number of carbonyl (C=O) groups is 1. The van der Waals surface area contributed by atoms with Gasteiger partial charge in [0.25, 0.3) is 0 Å². The molecule has 2 aromatic heterocycles. The summed E-state index contributed by atoms with van der Waals surface area (Å²) in [5.74, 6) is 6.81. The normalized spacial score (nSPS) is 15.1. The molecule has 9 nitrogen and oxygen atoms in total. The average Bonchev–Trinajstić information content (AvgIpc) is 3.07. The SMILES string of the molecule is C1CCCCC1.CC(=O)Nc1ccnc(C#Cc2ccc(Nc3ncc(-c4ccc(CN5CCN(C)CC5)cc4)c(N)n3)cc2)c1. The van der Waals surface area contributed by atoms with Gasteiger partial charge in [0, 0.05) is 74.5 Å². The van der Waals surface area contributed by atoms with E-state index in [-0.39, 0.29) is 5.91 Å². The molecular formula is C37H44N8O. The van der Waals surface area contributed by atoms with Gasteiger partial charge in [-0.2, -0.15) is 4.98 Å². The number of benzene rings is 2. The summed E-state index contributed by atoms with van der Waals surface area (Å²) in [5.41, 5.74) is 12.3. The van der Waals surface area contributed by atoms with Crippen LogP contribution in [0, 0.1) is 11.8 Å². The first-order valence-corrected chi connectivity index (χ1v) is 16.2. The summed E-state index contributed by atoms with van der Waals surface area (Å²) in [6, 6.07) is 19.5. The van der Waals surface area contributed by atoms with E-state index in [1.165, 1.54) is 51.0 Å². The van der Waals surface area contributed by atoms with Crippen LogP contribution in [-0.4, -0.2) is 63.9 Å². The van der Waals surface area contributed by atoms with E-state index in [2.05, 4.69) is 78.5 Å². The van der Waals surface area contributed by atoms with Crippen LogP contribution in [0.1, 0.15) is 62.3 Å². The Bertz CT molecular complexity index is 1620. The maximum atomic E-state index is 11.3. The average molecular weight is 617 g/mol. The van der Waals surface area contributed by atoms with Crippen molar-refractivity contribution in [2.24, 2.45) is 0 Å². The molecule has 0 unspecified atom stereocenters. The summed E-state index contributed by atoms with van der Waals surface area (Å²) >= 11 is 0. The molecule has 0 radical (unpaired) electrons. The molecule has 3 heterocycles. The molecule has 1 saturated heterocycles. The maximum absolute atomic E-state index is 11.3. The number of aromatic nitrogens is 3. The lowest BCUT2D eigenvalue weighted by atomic mass is 10.0. The van der Waals surface area contributed by atoms with E-state index in [4.69, 9.17) is 5.73 Å². The van der Waals surface area contributed by atoms with Crippen LogP contribution in [0.25, 0.3) is 11.1 Å². The Morgan fingerprint density at radius 1 is 0.848 bits per heavy atom. The van der Waals surface area contributed by atoms with Crippen LogP contribution < -0.4 is 16.4 Å². The number of nitrogens with zero attached hydrogens (tertiary/aromatic N) is 5. The lowest BCUT2D eigenvalue weighted by Crippen LogP contribution is -2.43. The third-order valence-electron chi connectivity index (χ3n) is 8.14. The molecule has 2 aromatic carbocycles. The third kappa shape index (κ3) is 10.1. The van der Waals surface area contributed by atoms with Crippen LogP contribution in [0.5, 0.6) is 0 Å². The minimum Gasteiger partial charge on any atom is -0.383 e. The number of nitrogens with two attached hydrogens (primary N) is 1. The summed E-state index contributed by atoms with van der Waals surface area (Å²) in [6.45, 7) is 6.83. The van der Waals surface area contributed by atoms with Gasteiger partial charge in [-0.1, -0.05) is 68.7 Å². The van der Waals surface area contributed by atoms with Gasteiger partial charge in [-0.3, -0.25) is 9.69 Å². The molecule has 0 atom stereocenters. The number of carbonyl (C=O) groups excluding carboxylic acids is 1. The highest BCUT2D eigenvalue weighted by atomic mass is 16.1. The molecule has 0 spiro atoms. The number of hydrogen-bond acceptors (Lipinski definition) is 8.